The Morgan fingerprint density at radius 2 is 1.88 bits per heavy atom. The summed E-state index contributed by atoms with van der Waals surface area (Å²) in [4.78, 5) is 19.4. The summed E-state index contributed by atoms with van der Waals surface area (Å²) < 4.78 is 2.36. The average molecular weight is 357 g/mol. The number of rotatable bonds is 7. The van der Waals surface area contributed by atoms with Crippen molar-refractivity contribution < 1.29 is 4.79 Å². The molecule has 5 nitrogen and oxygen atoms in total. The predicted octanol–water partition coefficient (Wildman–Crippen LogP) is 4.56. The van der Waals surface area contributed by atoms with Gasteiger partial charge in [0.25, 0.3) is 0 Å². The fraction of sp³-hybridized carbons (Fsp3) is 0.619. The van der Waals surface area contributed by atoms with Crippen molar-refractivity contribution in [2.75, 3.05) is 18.4 Å². The molecule has 0 atom stereocenters. The minimum atomic E-state index is 0.0737. The normalized spacial score (nSPS) is 15.9. The van der Waals surface area contributed by atoms with Crippen molar-refractivity contribution in [3.05, 3.63) is 24.0 Å². The molecule has 1 aliphatic rings. The molecule has 2 aromatic rings. The summed E-state index contributed by atoms with van der Waals surface area (Å²) in [7, 11) is 0. The van der Waals surface area contributed by atoms with E-state index in [4.69, 9.17) is 4.98 Å². The molecule has 0 radical (unpaired) electrons. The van der Waals surface area contributed by atoms with Gasteiger partial charge in [0.15, 0.2) is 0 Å². The van der Waals surface area contributed by atoms with Gasteiger partial charge in [0.05, 0.1) is 17.6 Å². The number of aryl methyl sites for hydroxylation is 1. The highest BCUT2D eigenvalue weighted by Gasteiger charge is 2.16. The van der Waals surface area contributed by atoms with Gasteiger partial charge < -0.3 is 9.88 Å². The number of anilines is 1. The fourth-order valence-corrected chi connectivity index (χ4v) is 3.80. The Labute approximate surface area is 156 Å². The molecule has 142 valence electrons. The monoisotopic (exact) mass is 356 g/mol. The molecule has 0 bridgehead atoms. The van der Waals surface area contributed by atoms with Crippen LogP contribution in [0, 0.1) is 0 Å². The zero-order chi connectivity index (χ0) is 18.4. The minimum Gasteiger partial charge on any atom is -0.327 e. The summed E-state index contributed by atoms with van der Waals surface area (Å²) in [6.07, 6.45) is 7.80. The first-order valence-electron chi connectivity index (χ1n) is 10.2. The van der Waals surface area contributed by atoms with E-state index in [9.17, 15) is 4.79 Å². The summed E-state index contributed by atoms with van der Waals surface area (Å²) in [5.41, 5.74) is 3.00. The van der Waals surface area contributed by atoms with Crippen LogP contribution in [0.5, 0.6) is 0 Å². The van der Waals surface area contributed by atoms with Crippen molar-refractivity contribution in [2.24, 2.45) is 0 Å². The fourth-order valence-electron chi connectivity index (χ4n) is 3.80. The highest BCUT2D eigenvalue weighted by atomic mass is 16.1. The molecule has 1 saturated heterocycles. The van der Waals surface area contributed by atoms with Gasteiger partial charge in [-0.3, -0.25) is 9.69 Å². The summed E-state index contributed by atoms with van der Waals surface area (Å²) in [6, 6.07) is 6.12. The molecule has 0 saturated carbocycles. The number of fused-ring (bicyclic) bond motifs is 1. The number of hydrogen-bond acceptors (Lipinski definition) is 3. The lowest BCUT2D eigenvalue weighted by molar-refractivity contribution is -0.116. The lowest BCUT2D eigenvalue weighted by Crippen LogP contribution is -2.26. The smallest absolute Gasteiger partial charge is 0.224 e. The third-order valence-corrected chi connectivity index (χ3v) is 5.10. The van der Waals surface area contributed by atoms with Crippen LogP contribution in [-0.2, 0) is 17.9 Å². The first-order valence-corrected chi connectivity index (χ1v) is 10.2. The van der Waals surface area contributed by atoms with Gasteiger partial charge in [0, 0.05) is 18.7 Å². The molecule has 0 spiro atoms. The van der Waals surface area contributed by atoms with E-state index in [1.165, 1.54) is 44.3 Å². The summed E-state index contributed by atoms with van der Waals surface area (Å²) >= 11 is 0. The molecule has 2 heterocycles. The Kier molecular flexibility index (Phi) is 6.67. The number of amides is 1. The lowest BCUT2D eigenvalue weighted by atomic mass is 10.2. The van der Waals surface area contributed by atoms with Crippen LogP contribution in [-0.4, -0.2) is 33.4 Å². The number of carbonyl (C=O) groups is 1. The number of hydrogen-bond donors (Lipinski definition) is 1. The Bertz CT molecular complexity index is 729. The molecule has 5 heteroatoms. The van der Waals surface area contributed by atoms with E-state index in [1.807, 2.05) is 19.1 Å². The SMILES string of the molecule is CCCC(=O)Nc1ccc2c(c1)nc(CN1CCCCCC1)n2CCC. The van der Waals surface area contributed by atoms with E-state index in [1.54, 1.807) is 0 Å². The maximum atomic E-state index is 11.9. The standard InChI is InChI=1S/C21H32N4O/c1-3-9-21(26)22-17-10-11-19-18(15-17)23-20(25(19)12-4-2)16-24-13-7-5-6-8-14-24/h10-11,15H,3-9,12-14,16H2,1-2H3,(H,22,26). The van der Waals surface area contributed by atoms with Crippen molar-refractivity contribution in [1.82, 2.24) is 14.5 Å². The molecule has 1 N–H and O–H groups in total. The predicted molar refractivity (Wildman–Crippen MR) is 107 cm³/mol. The Hall–Kier alpha value is -1.88. The average Bonchev–Trinajstić information content (AvgIpc) is 2.78. The van der Waals surface area contributed by atoms with Crippen molar-refractivity contribution in [3.63, 3.8) is 0 Å². The van der Waals surface area contributed by atoms with E-state index < -0.39 is 0 Å². The zero-order valence-electron chi connectivity index (χ0n) is 16.3. The van der Waals surface area contributed by atoms with Crippen LogP contribution in [0.15, 0.2) is 18.2 Å². The second-order valence-corrected chi connectivity index (χ2v) is 7.37. The highest BCUT2D eigenvalue weighted by molar-refractivity contribution is 5.93. The second kappa shape index (κ2) is 9.17. The van der Waals surface area contributed by atoms with E-state index in [2.05, 4.69) is 27.8 Å². The molecular formula is C21H32N4O. The maximum Gasteiger partial charge on any atom is 0.224 e. The van der Waals surface area contributed by atoms with Gasteiger partial charge in [-0.2, -0.15) is 0 Å². The number of nitrogens with one attached hydrogen (secondary N) is 1. The number of benzene rings is 1. The molecule has 1 aliphatic heterocycles. The van der Waals surface area contributed by atoms with Gasteiger partial charge in [-0.1, -0.05) is 26.7 Å². The molecule has 0 unspecified atom stereocenters. The molecule has 0 aliphatic carbocycles. The van der Waals surface area contributed by atoms with Crippen LogP contribution < -0.4 is 5.32 Å². The molecule has 1 amide bonds. The molecule has 1 aromatic heterocycles. The quantitative estimate of drug-likeness (QED) is 0.791. The van der Waals surface area contributed by atoms with Gasteiger partial charge in [0.1, 0.15) is 5.82 Å². The van der Waals surface area contributed by atoms with Crippen LogP contribution in [0.2, 0.25) is 0 Å². The van der Waals surface area contributed by atoms with Crippen LogP contribution in [0.1, 0.15) is 64.6 Å². The van der Waals surface area contributed by atoms with Gasteiger partial charge in [-0.15, -0.1) is 0 Å². The molecule has 3 rings (SSSR count). The Balaban J connectivity index is 1.84. The highest BCUT2D eigenvalue weighted by Crippen LogP contribution is 2.23. The Morgan fingerprint density at radius 3 is 2.58 bits per heavy atom. The van der Waals surface area contributed by atoms with Crippen molar-refractivity contribution >= 4 is 22.6 Å². The molecular weight excluding hydrogens is 324 g/mol. The van der Waals surface area contributed by atoms with Crippen molar-refractivity contribution in [1.29, 1.82) is 0 Å². The number of imidazole rings is 1. The van der Waals surface area contributed by atoms with Crippen molar-refractivity contribution in [2.45, 2.75) is 71.9 Å². The topological polar surface area (TPSA) is 50.2 Å². The second-order valence-electron chi connectivity index (χ2n) is 7.37. The Morgan fingerprint density at radius 1 is 1.12 bits per heavy atom. The molecule has 1 aromatic carbocycles. The van der Waals surface area contributed by atoms with Gasteiger partial charge in [-0.25, -0.2) is 4.98 Å². The lowest BCUT2D eigenvalue weighted by Gasteiger charge is -2.20. The summed E-state index contributed by atoms with van der Waals surface area (Å²) in [6.45, 7) is 8.49. The largest absolute Gasteiger partial charge is 0.327 e. The van der Waals surface area contributed by atoms with Gasteiger partial charge >= 0.3 is 0 Å². The van der Waals surface area contributed by atoms with E-state index in [0.717, 1.165) is 43.0 Å². The molecule has 1 fully saturated rings. The number of aromatic nitrogens is 2. The first kappa shape index (κ1) is 18.9. The van der Waals surface area contributed by atoms with Crippen LogP contribution in [0.3, 0.4) is 0 Å². The number of likely N-dealkylation sites (tertiary alicyclic amines) is 1. The van der Waals surface area contributed by atoms with Crippen LogP contribution in [0.4, 0.5) is 5.69 Å². The summed E-state index contributed by atoms with van der Waals surface area (Å²) in [5.74, 6) is 1.23. The van der Waals surface area contributed by atoms with Crippen LogP contribution >= 0.6 is 0 Å². The van der Waals surface area contributed by atoms with E-state index >= 15 is 0 Å². The third kappa shape index (κ3) is 4.64. The van der Waals surface area contributed by atoms with E-state index in [0.29, 0.717) is 6.42 Å². The summed E-state index contributed by atoms with van der Waals surface area (Å²) in [5, 5.41) is 2.99. The van der Waals surface area contributed by atoms with Gasteiger partial charge in [0.2, 0.25) is 5.91 Å². The van der Waals surface area contributed by atoms with E-state index in [-0.39, 0.29) is 5.91 Å². The number of carbonyl (C=O) groups excluding carboxylic acids is 1. The first-order chi connectivity index (χ1) is 12.7. The van der Waals surface area contributed by atoms with Gasteiger partial charge in [-0.05, 0) is 57.0 Å². The minimum absolute atomic E-state index is 0.0737. The van der Waals surface area contributed by atoms with Crippen molar-refractivity contribution in [3.8, 4) is 0 Å². The number of nitrogens with zero attached hydrogens (tertiary/aromatic N) is 3. The zero-order valence-corrected chi connectivity index (χ0v) is 16.3. The van der Waals surface area contributed by atoms with Crippen LogP contribution in [0.25, 0.3) is 11.0 Å². The maximum absolute atomic E-state index is 11.9. The third-order valence-electron chi connectivity index (χ3n) is 5.10. The molecule has 26 heavy (non-hydrogen) atoms.